The van der Waals surface area contributed by atoms with E-state index in [0.717, 1.165) is 19.3 Å². The van der Waals surface area contributed by atoms with Crippen LogP contribution >= 0.6 is 0 Å². The van der Waals surface area contributed by atoms with Crippen molar-refractivity contribution in [2.45, 2.75) is 45.1 Å². The number of para-hydroxylation sites is 1. The second kappa shape index (κ2) is 13.9. The number of carbonyl (C=O) groups is 2. The molecule has 2 fully saturated rings. The Morgan fingerprint density at radius 2 is 1.97 bits per heavy atom. The number of piperidine rings is 1. The molecule has 2 atom stereocenters. The molecule has 3 aliphatic rings. The van der Waals surface area contributed by atoms with Crippen molar-refractivity contribution in [2.24, 2.45) is 5.92 Å². The summed E-state index contributed by atoms with van der Waals surface area (Å²) >= 11 is 0. The number of nitrogens with one attached hydrogen (secondary N) is 3. The molecule has 0 aliphatic carbocycles. The number of methoxy groups -OCH3 is 1. The minimum absolute atomic E-state index is 0.124. The van der Waals surface area contributed by atoms with E-state index in [0.29, 0.717) is 82.5 Å². The Balaban J connectivity index is 1.55. The van der Waals surface area contributed by atoms with Gasteiger partial charge in [0.25, 0.3) is 5.91 Å². The van der Waals surface area contributed by atoms with Crippen molar-refractivity contribution in [3.8, 4) is 0 Å². The van der Waals surface area contributed by atoms with Crippen LogP contribution < -0.4 is 21.3 Å². The fourth-order valence-corrected chi connectivity index (χ4v) is 5.38. The summed E-state index contributed by atoms with van der Waals surface area (Å²) in [6, 6.07) is 6.37. The Kier molecular flexibility index (Phi) is 10.3. The Morgan fingerprint density at radius 3 is 2.71 bits per heavy atom. The van der Waals surface area contributed by atoms with Crippen LogP contribution in [0.25, 0.3) is 0 Å². The van der Waals surface area contributed by atoms with Crippen LogP contribution in [0.4, 0.5) is 10.1 Å². The average molecular weight is 533 g/mol. The van der Waals surface area contributed by atoms with Crippen LogP contribution in [-0.2, 0) is 19.1 Å². The number of carbonyl (C=O) groups excluding carboxylic acids is 2. The Hall–Kier alpha value is -2.73. The van der Waals surface area contributed by atoms with Crippen LogP contribution in [0.5, 0.6) is 0 Å². The van der Waals surface area contributed by atoms with Gasteiger partial charge >= 0.3 is 0 Å². The van der Waals surface area contributed by atoms with E-state index in [9.17, 15) is 14.0 Å². The van der Waals surface area contributed by atoms with Gasteiger partial charge in [0.05, 0.1) is 30.5 Å². The number of unbranched alkanes of at least 4 members (excludes halogenated alkanes) is 1. The van der Waals surface area contributed by atoms with Gasteiger partial charge in [-0.25, -0.2) is 4.39 Å². The number of hydrogen-bond acceptors (Lipinski definition) is 8. The lowest BCUT2D eigenvalue weighted by molar-refractivity contribution is -0.142. The normalized spacial score (nSPS) is 22.0. The number of rotatable bonds is 11. The maximum atomic E-state index is 14.7. The predicted octanol–water partition coefficient (Wildman–Crippen LogP) is 1.76. The van der Waals surface area contributed by atoms with Crippen LogP contribution in [0.2, 0.25) is 0 Å². The highest BCUT2D eigenvalue weighted by molar-refractivity contribution is 5.95. The number of morpholine rings is 1. The summed E-state index contributed by atoms with van der Waals surface area (Å²) in [4.78, 5) is 31.0. The van der Waals surface area contributed by atoms with E-state index in [1.54, 1.807) is 30.3 Å². The molecule has 0 radical (unpaired) electrons. The summed E-state index contributed by atoms with van der Waals surface area (Å²) in [6.45, 7) is 6.80. The summed E-state index contributed by atoms with van der Waals surface area (Å²) in [5.41, 5.74) is 7.51. The molecule has 3 aliphatic heterocycles. The maximum absolute atomic E-state index is 14.7. The molecule has 2 saturated heterocycles. The van der Waals surface area contributed by atoms with Gasteiger partial charge in [-0.1, -0.05) is 19.1 Å². The van der Waals surface area contributed by atoms with Crippen LogP contribution in [0.1, 0.15) is 39.0 Å². The van der Waals surface area contributed by atoms with Crippen LogP contribution in [-0.4, -0.2) is 87.3 Å². The van der Waals surface area contributed by atoms with Crippen LogP contribution in [0.3, 0.4) is 0 Å². The number of hydrogen-bond donors (Lipinski definition) is 3. The Morgan fingerprint density at radius 1 is 1.18 bits per heavy atom. The summed E-state index contributed by atoms with van der Waals surface area (Å²) in [6.07, 6.45) is 3.56. The molecule has 10 nitrogen and oxygen atoms in total. The lowest BCUT2D eigenvalue weighted by atomic mass is 9.92. The average Bonchev–Trinajstić information content (AvgIpc) is 3.37. The van der Waals surface area contributed by atoms with Gasteiger partial charge in [0, 0.05) is 52.5 Å². The molecule has 2 amide bonds. The number of benzene rings is 1. The van der Waals surface area contributed by atoms with Gasteiger partial charge in [-0.15, -0.1) is 5.53 Å². The smallest absolute Gasteiger partial charge is 0.273 e. The summed E-state index contributed by atoms with van der Waals surface area (Å²) < 4.78 is 25.3. The number of halogens is 1. The van der Waals surface area contributed by atoms with E-state index < -0.39 is 0 Å². The third-order valence-electron chi connectivity index (χ3n) is 7.34. The van der Waals surface area contributed by atoms with Crippen molar-refractivity contribution in [1.29, 1.82) is 0 Å². The number of nitrogens with zero attached hydrogens (tertiary/aromatic N) is 3. The second-order valence-electron chi connectivity index (χ2n) is 9.98. The van der Waals surface area contributed by atoms with Crippen molar-refractivity contribution in [1.82, 2.24) is 26.1 Å². The molecule has 0 saturated carbocycles. The van der Waals surface area contributed by atoms with Gasteiger partial charge in [-0.3, -0.25) is 20.0 Å². The first-order valence-electron chi connectivity index (χ1n) is 13.7. The molecule has 0 spiro atoms. The first-order chi connectivity index (χ1) is 18.5. The number of allylic oxidation sites excluding steroid dienone is 1. The largest absolute Gasteiger partial charge is 0.385 e. The Bertz CT molecular complexity index is 986. The molecular formula is C27H41FN6O4. The van der Waals surface area contributed by atoms with Gasteiger partial charge < -0.3 is 24.6 Å². The summed E-state index contributed by atoms with van der Waals surface area (Å²) in [7, 11) is 1.66. The molecule has 0 unspecified atom stereocenters. The molecule has 4 rings (SSSR count). The van der Waals surface area contributed by atoms with E-state index in [4.69, 9.17) is 9.47 Å². The first-order valence-corrected chi connectivity index (χ1v) is 13.7. The van der Waals surface area contributed by atoms with E-state index in [2.05, 4.69) is 16.3 Å². The van der Waals surface area contributed by atoms with Gasteiger partial charge in [0.2, 0.25) is 5.91 Å². The van der Waals surface area contributed by atoms with Gasteiger partial charge in [-0.2, -0.15) is 0 Å². The molecule has 210 valence electrons. The van der Waals surface area contributed by atoms with E-state index in [1.807, 2.05) is 16.7 Å². The molecular weight excluding hydrogens is 491 g/mol. The number of hydrazine groups is 2. The fraction of sp³-hybridized carbons (Fsp3) is 0.630. The lowest BCUT2D eigenvalue weighted by Crippen LogP contribution is -2.56. The van der Waals surface area contributed by atoms with Crippen molar-refractivity contribution >= 4 is 17.5 Å². The minimum Gasteiger partial charge on any atom is -0.385 e. The topological polar surface area (TPSA) is 98.4 Å². The molecule has 1 aromatic carbocycles. The van der Waals surface area contributed by atoms with Crippen molar-refractivity contribution in [3.63, 3.8) is 0 Å². The minimum atomic E-state index is -0.378. The summed E-state index contributed by atoms with van der Waals surface area (Å²) in [5.74, 6) is -0.590. The highest BCUT2D eigenvalue weighted by Gasteiger charge is 2.38. The monoisotopic (exact) mass is 532 g/mol. The first kappa shape index (κ1) is 28.3. The lowest BCUT2D eigenvalue weighted by Gasteiger charge is -2.39. The SMILES string of the molecule is CCCN(C(=O)C1=C(CCCCOC)N(c2ccccc2F)NN1)[C@@H]1CNC[C@H](C(=O)N2CCOCC2)C1. The molecule has 11 heteroatoms. The number of anilines is 1. The zero-order valence-electron chi connectivity index (χ0n) is 22.5. The van der Waals surface area contributed by atoms with Crippen molar-refractivity contribution < 1.29 is 23.5 Å². The maximum Gasteiger partial charge on any atom is 0.273 e. The third-order valence-corrected chi connectivity index (χ3v) is 7.34. The van der Waals surface area contributed by atoms with Crippen LogP contribution in [0, 0.1) is 11.7 Å². The van der Waals surface area contributed by atoms with E-state index >= 15 is 0 Å². The van der Waals surface area contributed by atoms with E-state index in [-0.39, 0.29) is 29.6 Å². The highest BCUT2D eigenvalue weighted by atomic mass is 19.1. The van der Waals surface area contributed by atoms with Gasteiger partial charge in [0.15, 0.2) is 0 Å². The molecule has 1 aromatic rings. The predicted molar refractivity (Wildman–Crippen MR) is 142 cm³/mol. The molecule has 0 bridgehead atoms. The second-order valence-corrected chi connectivity index (χ2v) is 9.98. The quantitative estimate of drug-likeness (QED) is 0.371. The molecule has 0 aromatic heterocycles. The zero-order chi connectivity index (χ0) is 26.9. The number of amides is 2. The highest BCUT2D eigenvalue weighted by Crippen LogP contribution is 2.29. The zero-order valence-corrected chi connectivity index (χ0v) is 22.5. The van der Waals surface area contributed by atoms with Crippen LogP contribution in [0.15, 0.2) is 35.7 Å². The molecule has 3 heterocycles. The van der Waals surface area contributed by atoms with Gasteiger partial charge in [-0.05, 0) is 44.2 Å². The molecule has 3 N–H and O–H groups in total. The molecule has 38 heavy (non-hydrogen) atoms. The van der Waals surface area contributed by atoms with Crippen molar-refractivity contribution in [2.75, 3.05) is 64.7 Å². The van der Waals surface area contributed by atoms with E-state index in [1.165, 1.54) is 6.07 Å². The Labute approximate surface area is 224 Å². The van der Waals surface area contributed by atoms with Gasteiger partial charge in [0.1, 0.15) is 11.5 Å². The van der Waals surface area contributed by atoms with Crippen molar-refractivity contribution in [3.05, 3.63) is 41.5 Å². The number of ether oxygens (including phenoxy) is 2. The summed E-state index contributed by atoms with van der Waals surface area (Å²) in [5, 5.41) is 5.02. The fourth-order valence-electron chi connectivity index (χ4n) is 5.38. The standard InChI is InChI=1S/C27H41FN6O4/c1-3-11-33(21-17-20(18-29-19-21)26(35)32-12-15-38-16-13-32)27(36)25-24(10-6-7-14-37-2)34(31-30-25)23-9-5-4-8-22(23)28/h4-5,8-9,20-21,29-31H,3,6-7,10-19H2,1-2H3/t20-,21+/m1/s1. The third kappa shape index (κ3) is 6.63.